The Morgan fingerprint density at radius 3 is 2.92 bits per heavy atom. The lowest BCUT2D eigenvalue weighted by molar-refractivity contribution is 0.585. The van der Waals surface area contributed by atoms with Crippen LogP contribution < -0.4 is 4.72 Å². The smallest absolute Gasteiger partial charge is 0.242 e. The third-order valence-electron chi connectivity index (χ3n) is 3.46. The molecule has 0 fully saturated rings. The van der Waals surface area contributed by atoms with Gasteiger partial charge in [0.1, 0.15) is 4.90 Å². The fourth-order valence-corrected chi connectivity index (χ4v) is 5.39. The van der Waals surface area contributed by atoms with Crippen LogP contribution in [0.15, 0.2) is 52.9 Å². The lowest BCUT2D eigenvalue weighted by Crippen LogP contribution is -2.26. The Bertz CT molecular complexity index is 922. The van der Waals surface area contributed by atoms with Crippen molar-refractivity contribution < 1.29 is 8.42 Å². The number of thioether (sulfide) groups is 1. The second-order valence-electron chi connectivity index (χ2n) is 5.37. The predicted molar refractivity (Wildman–Crippen MR) is 102 cm³/mol. The number of sulfonamides is 1. The van der Waals surface area contributed by atoms with E-state index in [-0.39, 0.29) is 4.90 Å². The van der Waals surface area contributed by atoms with Crippen LogP contribution in [0, 0.1) is 6.92 Å². The molecular formula is C17H18N2O2S3. The fraction of sp³-hybridized carbons (Fsp3) is 0.235. The van der Waals surface area contributed by atoms with E-state index < -0.39 is 10.0 Å². The van der Waals surface area contributed by atoms with Crippen LogP contribution in [0.1, 0.15) is 10.4 Å². The first-order valence-corrected chi connectivity index (χ1v) is 11.0. The van der Waals surface area contributed by atoms with Crippen molar-refractivity contribution in [1.29, 1.82) is 0 Å². The summed E-state index contributed by atoms with van der Waals surface area (Å²) in [6.45, 7) is 2.34. The van der Waals surface area contributed by atoms with Gasteiger partial charge in [-0.1, -0.05) is 18.2 Å². The first-order valence-electron chi connectivity index (χ1n) is 7.51. The highest BCUT2D eigenvalue weighted by molar-refractivity contribution is 7.98. The van der Waals surface area contributed by atoms with Crippen LogP contribution in [-0.2, 0) is 15.8 Å². The Kier molecular flexibility index (Phi) is 5.55. The quantitative estimate of drug-likeness (QED) is 0.635. The van der Waals surface area contributed by atoms with Gasteiger partial charge in [0, 0.05) is 34.5 Å². The molecule has 4 nitrogen and oxygen atoms in total. The zero-order valence-electron chi connectivity index (χ0n) is 13.2. The van der Waals surface area contributed by atoms with Gasteiger partial charge in [-0.25, -0.2) is 13.1 Å². The Morgan fingerprint density at radius 2 is 2.12 bits per heavy atom. The second kappa shape index (κ2) is 7.65. The average molecular weight is 379 g/mol. The van der Waals surface area contributed by atoms with E-state index in [1.165, 1.54) is 4.88 Å². The van der Waals surface area contributed by atoms with Crippen LogP contribution in [0.25, 0.3) is 10.9 Å². The summed E-state index contributed by atoms with van der Waals surface area (Å²) >= 11 is 3.44. The Hall–Kier alpha value is -1.41. The summed E-state index contributed by atoms with van der Waals surface area (Å²) in [5.74, 6) is 1.64. The van der Waals surface area contributed by atoms with Gasteiger partial charge in [-0.2, -0.15) is 11.8 Å². The molecular weight excluding hydrogens is 360 g/mol. The van der Waals surface area contributed by atoms with Gasteiger partial charge in [0.15, 0.2) is 0 Å². The summed E-state index contributed by atoms with van der Waals surface area (Å²) in [6.07, 6.45) is 1.69. The summed E-state index contributed by atoms with van der Waals surface area (Å²) in [4.78, 5) is 5.84. The number of aryl methyl sites for hydroxylation is 1. The van der Waals surface area contributed by atoms with E-state index in [0.29, 0.717) is 12.1 Å². The van der Waals surface area contributed by atoms with Gasteiger partial charge in [0.2, 0.25) is 10.0 Å². The van der Waals surface area contributed by atoms with Crippen molar-refractivity contribution in [3.05, 3.63) is 58.4 Å². The topological polar surface area (TPSA) is 59.1 Å². The van der Waals surface area contributed by atoms with Crippen LogP contribution in [-0.4, -0.2) is 25.7 Å². The number of hydrogen-bond donors (Lipinski definition) is 1. The molecule has 0 unspecified atom stereocenters. The van der Waals surface area contributed by atoms with Crippen molar-refractivity contribution in [2.45, 2.75) is 17.6 Å². The minimum absolute atomic E-state index is 0.239. The maximum atomic E-state index is 12.6. The molecule has 0 saturated carbocycles. The number of pyridine rings is 1. The number of nitrogens with zero attached hydrogens (tertiary/aromatic N) is 1. The molecule has 2 aromatic heterocycles. The standard InChI is InChI=1S/C17H18N2O2S3/c1-13-10-14-4-2-6-16(17(14)18-11-13)24(20,21)19-7-9-22-12-15-5-3-8-23-15/h2-6,8,10-11,19H,7,9,12H2,1H3. The van der Waals surface area contributed by atoms with Crippen molar-refractivity contribution in [1.82, 2.24) is 9.71 Å². The third-order valence-corrected chi connectivity index (χ3v) is 7.02. The number of thiophene rings is 1. The monoisotopic (exact) mass is 378 g/mol. The Balaban J connectivity index is 1.65. The minimum Gasteiger partial charge on any atom is -0.255 e. The minimum atomic E-state index is -3.56. The maximum absolute atomic E-state index is 12.6. The van der Waals surface area contributed by atoms with Crippen molar-refractivity contribution in [3.63, 3.8) is 0 Å². The van der Waals surface area contributed by atoms with Gasteiger partial charge in [-0.05, 0) is 36.1 Å². The van der Waals surface area contributed by atoms with E-state index in [1.807, 2.05) is 30.5 Å². The second-order valence-corrected chi connectivity index (χ2v) is 9.24. The van der Waals surface area contributed by atoms with E-state index in [0.717, 1.165) is 22.5 Å². The Labute approximate surface area is 150 Å². The highest BCUT2D eigenvalue weighted by atomic mass is 32.2. The van der Waals surface area contributed by atoms with Crippen molar-refractivity contribution in [2.75, 3.05) is 12.3 Å². The van der Waals surface area contributed by atoms with E-state index in [4.69, 9.17) is 0 Å². The number of aromatic nitrogens is 1. The van der Waals surface area contributed by atoms with E-state index in [2.05, 4.69) is 15.8 Å². The molecule has 3 rings (SSSR count). The van der Waals surface area contributed by atoms with Crippen LogP contribution in [0.4, 0.5) is 0 Å². The van der Waals surface area contributed by atoms with Crippen LogP contribution >= 0.6 is 23.1 Å². The van der Waals surface area contributed by atoms with Gasteiger partial charge in [-0.3, -0.25) is 4.98 Å². The summed E-state index contributed by atoms with van der Waals surface area (Å²) in [5, 5.41) is 2.89. The lowest BCUT2D eigenvalue weighted by atomic mass is 10.2. The van der Waals surface area contributed by atoms with Gasteiger partial charge in [0.05, 0.1) is 5.52 Å². The lowest BCUT2D eigenvalue weighted by Gasteiger charge is -2.09. The molecule has 0 aliphatic carbocycles. The molecule has 0 radical (unpaired) electrons. The number of nitrogens with one attached hydrogen (secondary N) is 1. The summed E-state index contributed by atoms with van der Waals surface area (Å²) in [5.41, 5.74) is 1.52. The molecule has 0 saturated heterocycles. The third kappa shape index (κ3) is 4.16. The highest BCUT2D eigenvalue weighted by Gasteiger charge is 2.17. The summed E-state index contributed by atoms with van der Waals surface area (Å²) < 4.78 is 27.8. The normalized spacial score (nSPS) is 11.9. The molecule has 1 aromatic carbocycles. The summed E-state index contributed by atoms with van der Waals surface area (Å²) in [7, 11) is -3.56. The zero-order chi connectivity index (χ0) is 17.0. The van der Waals surface area contributed by atoms with Crippen LogP contribution in [0.3, 0.4) is 0 Å². The molecule has 24 heavy (non-hydrogen) atoms. The van der Waals surface area contributed by atoms with Crippen molar-refractivity contribution >= 4 is 44.0 Å². The molecule has 2 heterocycles. The molecule has 7 heteroatoms. The summed E-state index contributed by atoms with van der Waals surface area (Å²) in [6, 6.07) is 11.3. The molecule has 126 valence electrons. The van der Waals surface area contributed by atoms with Gasteiger partial charge in [-0.15, -0.1) is 11.3 Å². The first kappa shape index (κ1) is 17.4. The first-order chi connectivity index (χ1) is 11.6. The molecule has 3 aromatic rings. The maximum Gasteiger partial charge on any atom is 0.242 e. The Morgan fingerprint density at radius 1 is 1.25 bits per heavy atom. The molecule has 0 spiro atoms. The number of rotatable bonds is 7. The number of benzene rings is 1. The van der Waals surface area contributed by atoms with Gasteiger partial charge < -0.3 is 0 Å². The van der Waals surface area contributed by atoms with Crippen LogP contribution in [0.2, 0.25) is 0 Å². The number of para-hydroxylation sites is 1. The van der Waals surface area contributed by atoms with Crippen molar-refractivity contribution in [2.24, 2.45) is 0 Å². The fourth-order valence-electron chi connectivity index (χ4n) is 2.35. The van der Waals surface area contributed by atoms with E-state index in [9.17, 15) is 8.42 Å². The molecule has 0 bridgehead atoms. The SMILES string of the molecule is Cc1cnc2c(S(=O)(=O)NCCSCc3cccs3)cccc2c1. The molecule has 0 aliphatic rings. The van der Waals surface area contributed by atoms with Crippen LogP contribution in [0.5, 0.6) is 0 Å². The van der Waals surface area contributed by atoms with E-state index >= 15 is 0 Å². The highest BCUT2D eigenvalue weighted by Crippen LogP contribution is 2.22. The molecule has 0 amide bonds. The molecule has 0 atom stereocenters. The van der Waals surface area contributed by atoms with E-state index in [1.54, 1.807) is 41.4 Å². The zero-order valence-corrected chi connectivity index (χ0v) is 15.7. The number of hydrogen-bond acceptors (Lipinski definition) is 5. The predicted octanol–water partition coefficient (Wildman–Crippen LogP) is 3.82. The largest absolute Gasteiger partial charge is 0.255 e. The number of fused-ring (bicyclic) bond motifs is 1. The van der Waals surface area contributed by atoms with Crippen molar-refractivity contribution in [3.8, 4) is 0 Å². The van der Waals surface area contributed by atoms with Gasteiger partial charge >= 0.3 is 0 Å². The van der Waals surface area contributed by atoms with Gasteiger partial charge in [0.25, 0.3) is 0 Å². The molecule has 0 aliphatic heterocycles. The average Bonchev–Trinajstić information content (AvgIpc) is 3.07. The molecule has 1 N–H and O–H groups in total.